The van der Waals surface area contributed by atoms with Crippen LogP contribution in [0.1, 0.15) is 23.0 Å². The zero-order valence-electron chi connectivity index (χ0n) is 9.17. The molecule has 3 nitrogen and oxygen atoms in total. The molecule has 7 heteroatoms. The van der Waals surface area contributed by atoms with Crippen LogP contribution in [0.3, 0.4) is 0 Å². The van der Waals surface area contributed by atoms with Crippen LogP contribution in [-0.4, -0.2) is 23.8 Å². The molecule has 94 valence electrons. The van der Waals surface area contributed by atoms with Crippen LogP contribution in [-0.2, 0) is 10.9 Å². The maximum atomic E-state index is 12.7. The molecule has 1 aromatic rings. The molecule has 0 aliphatic rings. The Kier molecular flexibility index (Phi) is 4.39. The minimum absolute atomic E-state index is 0.0143. The highest BCUT2D eigenvalue weighted by atomic mass is 32.2. The number of esters is 1. The molecule has 1 rings (SSSR count). The van der Waals surface area contributed by atoms with Gasteiger partial charge in [0.2, 0.25) is 0 Å². The van der Waals surface area contributed by atoms with Crippen LogP contribution in [0.2, 0.25) is 0 Å². The molecule has 0 radical (unpaired) electrons. The van der Waals surface area contributed by atoms with E-state index in [0.29, 0.717) is 0 Å². The summed E-state index contributed by atoms with van der Waals surface area (Å²) < 4.78 is 42.6. The second kappa shape index (κ2) is 5.39. The lowest BCUT2D eigenvalue weighted by atomic mass is 10.2. The van der Waals surface area contributed by atoms with E-state index in [4.69, 9.17) is 0 Å². The largest absolute Gasteiger partial charge is 0.462 e. The molecule has 0 unspecified atom stereocenters. The number of pyridine rings is 1. The van der Waals surface area contributed by atoms with Crippen molar-refractivity contribution in [3.05, 3.63) is 23.4 Å². The Hall–Kier alpha value is -1.24. The van der Waals surface area contributed by atoms with Gasteiger partial charge in [0.25, 0.3) is 0 Å². The Morgan fingerprint density at radius 3 is 2.59 bits per heavy atom. The Morgan fingerprint density at radius 2 is 2.12 bits per heavy atom. The summed E-state index contributed by atoms with van der Waals surface area (Å²) in [6, 6.07) is 2.44. The van der Waals surface area contributed by atoms with Crippen molar-refractivity contribution in [2.75, 3.05) is 12.9 Å². The number of nitrogens with zero attached hydrogens (tertiary/aromatic N) is 1. The van der Waals surface area contributed by atoms with Crippen molar-refractivity contribution in [1.29, 1.82) is 0 Å². The third kappa shape index (κ3) is 3.36. The molecule has 0 aromatic carbocycles. The Labute approximate surface area is 100 Å². The van der Waals surface area contributed by atoms with E-state index in [9.17, 15) is 18.0 Å². The molecule has 0 aliphatic carbocycles. The average molecular weight is 265 g/mol. The molecule has 0 fully saturated rings. The van der Waals surface area contributed by atoms with Gasteiger partial charge >= 0.3 is 12.1 Å². The standard InChI is InChI=1S/C10H10F3NO2S/c1-3-16-9(15)6-4-5-7(17-2)14-8(6)10(11,12)13/h4-5H,3H2,1-2H3. The normalized spacial score (nSPS) is 11.4. The zero-order valence-corrected chi connectivity index (χ0v) is 9.98. The smallest absolute Gasteiger partial charge is 0.434 e. The third-order valence-corrected chi connectivity index (χ3v) is 2.49. The zero-order chi connectivity index (χ0) is 13.1. The predicted molar refractivity (Wildman–Crippen MR) is 57.0 cm³/mol. The molecule has 17 heavy (non-hydrogen) atoms. The van der Waals surface area contributed by atoms with Crippen molar-refractivity contribution < 1.29 is 22.7 Å². The summed E-state index contributed by atoms with van der Waals surface area (Å²) in [6.45, 7) is 1.54. The first-order valence-electron chi connectivity index (χ1n) is 4.69. The maximum Gasteiger partial charge on any atom is 0.434 e. The molecule has 0 aliphatic heterocycles. The molecule has 0 bridgehead atoms. The van der Waals surface area contributed by atoms with E-state index >= 15 is 0 Å². The quantitative estimate of drug-likeness (QED) is 0.622. The number of ether oxygens (including phenoxy) is 1. The van der Waals surface area contributed by atoms with Gasteiger partial charge in [0, 0.05) is 0 Å². The second-order valence-corrected chi connectivity index (χ2v) is 3.79. The summed E-state index contributed by atoms with van der Waals surface area (Å²) in [5, 5.41) is 0.199. The molecule has 1 heterocycles. The van der Waals surface area contributed by atoms with Crippen molar-refractivity contribution in [1.82, 2.24) is 4.98 Å². The van der Waals surface area contributed by atoms with Gasteiger partial charge in [-0.05, 0) is 25.3 Å². The molecule has 0 spiro atoms. The van der Waals surface area contributed by atoms with Crippen LogP contribution >= 0.6 is 11.8 Å². The van der Waals surface area contributed by atoms with Gasteiger partial charge in [-0.1, -0.05) is 0 Å². The highest BCUT2D eigenvalue weighted by Gasteiger charge is 2.38. The molecular weight excluding hydrogens is 255 g/mol. The minimum atomic E-state index is -4.67. The molecular formula is C10H10F3NO2S. The predicted octanol–water partition coefficient (Wildman–Crippen LogP) is 3.00. The minimum Gasteiger partial charge on any atom is -0.462 e. The summed E-state index contributed by atoms with van der Waals surface area (Å²) in [5.74, 6) is -1.01. The van der Waals surface area contributed by atoms with Gasteiger partial charge in [-0.15, -0.1) is 11.8 Å². The number of halogens is 3. The number of carbonyl (C=O) groups is 1. The number of aromatic nitrogens is 1. The average Bonchev–Trinajstić information content (AvgIpc) is 2.27. The van der Waals surface area contributed by atoms with Crippen molar-refractivity contribution in [3.8, 4) is 0 Å². The Bertz CT molecular complexity index is 421. The summed E-state index contributed by atoms with van der Waals surface area (Å²) in [6.07, 6.45) is -3.07. The van der Waals surface area contributed by atoms with Crippen LogP contribution < -0.4 is 0 Å². The second-order valence-electron chi connectivity index (χ2n) is 2.97. The highest BCUT2D eigenvalue weighted by molar-refractivity contribution is 7.98. The third-order valence-electron chi connectivity index (χ3n) is 1.84. The first-order chi connectivity index (χ1) is 7.90. The molecule has 0 saturated carbocycles. The summed E-state index contributed by atoms with van der Waals surface area (Å²) >= 11 is 1.07. The topological polar surface area (TPSA) is 39.2 Å². The van der Waals surface area contributed by atoms with E-state index in [1.54, 1.807) is 6.26 Å². The van der Waals surface area contributed by atoms with Crippen molar-refractivity contribution in [2.24, 2.45) is 0 Å². The van der Waals surface area contributed by atoms with Gasteiger partial charge in [0.1, 0.15) is 0 Å². The van der Waals surface area contributed by atoms with Crippen LogP contribution in [0.5, 0.6) is 0 Å². The van der Waals surface area contributed by atoms with Gasteiger partial charge < -0.3 is 4.74 Å². The highest BCUT2D eigenvalue weighted by Crippen LogP contribution is 2.32. The van der Waals surface area contributed by atoms with Gasteiger partial charge in [-0.3, -0.25) is 0 Å². The molecule has 1 aromatic heterocycles. The fraction of sp³-hybridized carbons (Fsp3) is 0.400. The van der Waals surface area contributed by atoms with E-state index in [1.165, 1.54) is 13.0 Å². The number of thioether (sulfide) groups is 1. The summed E-state index contributed by atoms with van der Waals surface area (Å²) in [4.78, 5) is 14.7. The lowest BCUT2D eigenvalue weighted by Crippen LogP contribution is -2.17. The summed E-state index contributed by atoms with van der Waals surface area (Å²) in [7, 11) is 0. The maximum absolute atomic E-state index is 12.7. The van der Waals surface area contributed by atoms with Crippen molar-refractivity contribution in [2.45, 2.75) is 18.1 Å². The first kappa shape index (κ1) is 13.8. The van der Waals surface area contributed by atoms with Gasteiger partial charge in [0.15, 0.2) is 5.69 Å². The Morgan fingerprint density at radius 1 is 1.47 bits per heavy atom. The van der Waals surface area contributed by atoms with E-state index in [1.807, 2.05) is 0 Å². The fourth-order valence-electron chi connectivity index (χ4n) is 1.14. The van der Waals surface area contributed by atoms with E-state index < -0.39 is 23.4 Å². The van der Waals surface area contributed by atoms with Gasteiger partial charge in [-0.2, -0.15) is 13.2 Å². The number of hydrogen-bond donors (Lipinski definition) is 0. The number of alkyl halides is 3. The van der Waals surface area contributed by atoms with Crippen LogP contribution in [0.4, 0.5) is 13.2 Å². The summed E-state index contributed by atoms with van der Waals surface area (Å²) in [5.41, 5.74) is -1.76. The molecule has 0 amide bonds. The number of rotatable bonds is 3. The SMILES string of the molecule is CCOC(=O)c1ccc(SC)nc1C(F)(F)F. The number of carbonyl (C=O) groups excluding carboxylic acids is 1. The van der Waals surface area contributed by atoms with Crippen LogP contribution in [0.15, 0.2) is 17.2 Å². The van der Waals surface area contributed by atoms with Gasteiger partial charge in [-0.25, -0.2) is 9.78 Å². The molecule has 0 atom stereocenters. The van der Waals surface area contributed by atoms with Crippen molar-refractivity contribution in [3.63, 3.8) is 0 Å². The number of hydrogen-bond acceptors (Lipinski definition) is 4. The van der Waals surface area contributed by atoms with Crippen LogP contribution in [0, 0.1) is 0 Å². The molecule has 0 saturated heterocycles. The van der Waals surface area contributed by atoms with E-state index in [-0.39, 0.29) is 11.6 Å². The van der Waals surface area contributed by atoms with E-state index in [2.05, 4.69) is 9.72 Å². The molecule has 0 N–H and O–H groups in total. The monoisotopic (exact) mass is 265 g/mol. The van der Waals surface area contributed by atoms with Gasteiger partial charge in [0.05, 0.1) is 17.2 Å². The van der Waals surface area contributed by atoms with E-state index in [0.717, 1.165) is 17.8 Å². The fourth-order valence-corrected chi connectivity index (χ4v) is 1.53. The Balaban J connectivity index is 3.25. The first-order valence-corrected chi connectivity index (χ1v) is 5.92. The van der Waals surface area contributed by atoms with Crippen molar-refractivity contribution >= 4 is 17.7 Å². The lowest BCUT2D eigenvalue weighted by Gasteiger charge is -2.11. The van der Waals surface area contributed by atoms with Crippen LogP contribution in [0.25, 0.3) is 0 Å². The lowest BCUT2D eigenvalue weighted by molar-refractivity contribution is -0.142.